The molecule has 0 aliphatic rings. The number of rotatable bonds is 3. The maximum absolute atomic E-state index is 13.0. The summed E-state index contributed by atoms with van der Waals surface area (Å²) in [5, 5.41) is 2.47. The van der Waals surface area contributed by atoms with Crippen LogP contribution in [-0.4, -0.2) is 5.91 Å². The lowest BCUT2D eigenvalue weighted by Gasteiger charge is -2.08. The molecule has 0 aromatic heterocycles. The molecule has 104 valence electrons. The lowest BCUT2D eigenvalue weighted by Crippen LogP contribution is -2.15. The van der Waals surface area contributed by atoms with E-state index in [0.717, 1.165) is 24.3 Å². The van der Waals surface area contributed by atoms with Crippen molar-refractivity contribution >= 4 is 17.3 Å². The number of carbonyl (C=O) groups is 1. The Kier molecular flexibility index (Phi) is 3.93. The predicted molar refractivity (Wildman–Crippen MR) is 69.5 cm³/mol. The van der Waals surface area contributed by atoms with E-state index in [1.54, 1.807) is 0 Å². The molecule has 0 atom stereocenters. The summed E-state index contributed by atoms with van der Waals surface area (Å²) >= 11 is 0. The summed E-state index contributed by atoms with van der Waals surface area (Å²) in [7, 11) is 0. The molecule has 2 aromatic rings. The van der Waals surface area contributed by atoms with Gasteiger partial charge in [0.15, 0.2) is 11.6 Å². The Balaban J connectivity index is 2.07. The van der Waals surface area contributed by atoms with Crippen LogP contribution in [0.25, 0.3) is 0 Å². The van der Waals surface area contributed by atoms with Crippen LogP contribution in [0.15, 0.2) is 36.4 Å². The van der Waals surface area contributed by atoms with E-state index >= 15 is 0 Å². The number of halogens is 3. The molecule has 20 heavy (non-hydrogen) atoms. The highest BCUT2D eigenvalue weighted by atomic mass is 19.2. The average molecular weight is 280 g/mol. The van der Waals surface area contributed by atoms with Crippen LogP contribution in [0.3, 0.4) is 0 Å². The molecule has 2 aromatic carbocycles. The minimum atomic E-state index is -1.02. The molecule has 0 heterocycles. The third-order valence-electron chi connectivity index (χ3n) is 2.64. The fraction of sp³-hybridized carbons (Fsp3) is 0.0714. The largest absolute Gasteiger partial charge is 0.397 e. The van der Waals surface area contributed by atoms with Crippen LogP contribution in [0.1, 0.15) is 5.56 Å². The van der Waals surface area contributed by atoms with E-state index in [4.69, 9.17) is 5.73 Å². The number of nitrogens with two attached hydrogens (primary N) is 1. The van der Waals surface area contributed by atoms with Gasteiger partial charge in [-0.05, 0) is 35.9 Å². The third kappa shape index (κ3) is 3.28. The molecule has 0 radical (unpaired) electrons. The molecule has 0 spiro atoms. The lowest BCUT2D eigenvalue weighted by molar-refractivity contribution is -0.115. The van der Waals surface area contributed by atoms with Gasteiger partial charge in [-0.25, -0.2) is 13.2 Å². The summed E-state index contributed by atoms with van der Waals surface area (Å²) in [4.78, 5) is 11.7. The number of benzene rings is 2. The first-order valence-corrected chi connectivity index (χ1v) is 5.74. The van der Waals surface area contributed by atoms with Gasteiger partial charge in [-0.3, -0.25) is 4.79 Å². The highest BCUT2D eigenvalue weighted by Crippen LogP contribution is 2.19. The van der Waals surface area contributed by atoms with E-state index in [1.165, 1.54) is 12.1 Å². The molecule has 0 aliphatic heterocycles. The number of nitrogen functional groups attached to an aromatic ring is 1. The zero-order valence-electron chi connectivity index (χ0n) is 10.3. The van der Waals surface area contributed by atoms with Gasteiger partial charge in [-0.15, -0.1) is 0 Å². The Hall–Kier alpha value is -2.50. The quantitative estimate of drug-likeness (QED) is 0.849. The van der Waals surface area contributed by atoms with Crippen LogP contribution in [-0.2, 0) is 11.2 Å². The lowest BCUT2D eigenvalue weighted by atomic mass is 10.1. The topological polar surface area (TPSA) is 55.1 Å². The molecule has 0 aliphatic carbocycles. The molecule has 0 saturated heterocycles. The first kappa shape index (κ1) is 13.9. The zero-order chi connectivity index (χ0) is 14.7. The zero-order valence-corrected chi connectivity index (χ0v) is 10.3. The number of anilines is 2. The number of nitrogens with one attached hydrogen (secondary N) is 1. The maximum atomic E-state index is 13.0. The molecule has 0 unspecified atom stereocenters. The number of amides is 1. The van der Waals surface area contributed by atoms with Crippen molar-refractivity contribution in [3.8, 4) is 0 Å². The van der Waals surface area contributed by atoms with Gasteiger partial charge >= 0.3 is 0 Å². The maximum Gasteiger partial charge on any atom is 0.228 e. The van der Waals surface area contributed by atoms with Crippen LogP contribution in [0.2, 0.25) is 0 Å². The average Bonchev–Trinajstić information content (AvgIpc) is 2.37. The summed E-state index contributed by atoms with van der Waals surface area (Å²) in [6.45, 7) is 0. The monoisotopic (exact) mass is 280 g/mol. The predicted octanol–water partition coefficient (Wildman–Crippen LogP) is 2.87. The van der Waals surface area contributed by atoms with Gasteiger partial charge in [-0.2, -0.15) is 0 Å². The van der Waals surface area contributed by atoms with E-state index in [9.17, 15) is 18.0 Å². The smallest absolute Gasteiger partial charge is 0.228 e. The van der Waals surface area contributed by atoms with Crippen molar-refractivity contribution in [2.45, 2.75) is 6.42 Å². The summed E-state index contributed by atoms with van der Waals surface area (Å²) < 4.78 is 38.6. The van der Waals surface area contributed by atoms with Gasteiger partial charge in [0, 0.05) is 0 Å². The normalized spacial score (nSPS) is 10.3. The van der Waals surface area contributed by atoms with Gasteiger partial charge in [-0.1, -0.05) is 6.07 Å². The SMILES string of the molecule is Nc1cc(F)ccc1NC(=O)Cc1ccc(F)c(F)c1. The van der Waals surface area contributed by atoms with E-state index in [2.05, 4.69) is 5.32 Å². The van der Waals surface area contributed by atoms with Crippen LogP contribution >= 0.6 is 0 Å². The van der Waals surface area contributed by atoms with Gasteiger partial charge < -0.3 is 11.1 Å². The fourth-order valence-electron chi connectivity index (χ4n) is 1.68. The van der Waals surface area contributed by atoms with E-state index in [0.29, 0.717) is 5.56 Å². The van der Waals surface area contributed by atoms with Crippen molar-refractivity contribution in [2.75, 3.05) is 11.1 Å². The molecule has 1 amide bonds. The minimum absolute atomic E-state index is 0.0867. The Morgan fingerprint density at radius 2 is 1.80 bits per heavy atom. The highest BCUT2D eigenvalue weighted by molar-refractivity contribution is 5.95. The summed E-state index contributed by atoms with van der Waals surface area (Å²) in [6, 6.07) is 6.77. The van der Waals surface area contributed by atoms with Gasteiger partial charge in [0.05, 0.1) is 17.8 Å². The van der Waals surface area contributed by atoms with E-state index in [-0.39, 0.29) is 17.8 Å². The number of hydrogen-bond acceptors (Lipinski definition) is 2. The Bertz CT molecular complexity index is 659. The first-order valence-electron chi connectivity index (χ1n) is 5.74. The highest BCUT2D eigenvalue weighted by Gasteiger charge is 2.09. The van der Waals surface area contributed by atoms with Crippen molar-refractivity contribution in [1.29, 1.82) is 0 Å². The second-order valence-corrected chi connectivity index (χ2v) is 4.20. The first-order chi connectivity index (χ1) is 9.45. The standard InChI is InChI=1S/C14H11F3N2O/c15-9-2-4-13(12(18)7-9)19-14(20)6-8-1-3-10(16)11(17)5-8/h1-5,7H,6,18H2,(H,19,20). The van der Waals surface area contributed by atoms with Gasteiger partial charge in [0.2, 0.25) is 5.91 Å². The van der Waals surface area contributed by atoms with Crippen molar-refractivity contribution < 1.29 is 18.0 Å². The summed E-state index contributed by atoms with van der Waals surface area (Å²) in [6.07, 6.45) is -0.145. The molecule has 6 heteroatoms. The molecular weight excluding hydrogens is 269 g/mol. The third-order valence-corrected chi connectivity index (χ3v) is 2.64. The number of carbonyl (C=O) groups excluding carboxylic acids is 1. The Morgan fingerprint density at radius 1 is 1.05 bits per heavy atom. The minimum Gasteiger partial charge on any atom is -0.397 e. The molecule has 0 fully saturated rings. The molecule has 3 N–H and O–H groups in total. The Morgan fingerprint density at radius 3 is 2.45 bits per heavy atom. The second kappa shape index (κ2) is 5.64. The van der Waals surface area contributed by atoms with E-state index < -0.39 is 23.4 Å². The van der Waals surface area contributed by atoms with Crippen molar-refractivity contribution in [3.05, 3.63) is 59.4 Å². The van der Waals surface area contributed by atoms with Crippen LogP contribution < -0.4 is 11.1 Å². The molecule has 3 nitrogen and oxygen atoms in total. The van der Waals surface area contributed by atoms with Crippen LogP contribution in [0.4, 0.5) is 24.5 Å². The summed E-state index contributed by atoms with van der Waals surface area (Å²) in [5.41, 5.74) is 6.21. The molecule has 2 rings (SSSR count). The van der Waals surface area contributed by atoms with Crippen molar-refractivity contribution in [2.24, 2.45) is 0 Å². The van der Waals surface area contributed by atoms with Crippen LogP contribution in [0.5, 0.6) is 0 Å². The number of hydrogen-bond donors (Lipinski definition) is 2. The Labute approximate surface area is 113 Å². The van der Waals surface area contributed by atoms with Crippen LogP contribution in [0, 0.1) is 17.5 Å². The fourth-order valence-corrected chi connectivity index (χ4v) is 1.68. The van der Waals surface area contributed by atoms with Gasteiger partial charge in [0.25, 0.3) is 0 Å². The molecule has 0 saturated carbocycles. The second-order valence-electron chi connectivity index (χ2n) is 4.20. The molecular formula is C14H11F3N2O. The van der Waals surface area contributed by atoms with E-state index in [1.807, 2.05) is 0 Å². The molecule has 0 bridgehead atoms. The summed E-state index contributed by atoms with van der Waals surface area (Å²) in [5.74, 6) is -2.97. The van der Waals surface area contributed by atoms with Crippen molar-refractivity contribution in [1.82, 2.24) is 0 Å². The van der Waals surface area contributed by atoms with Gasteiger partial charge in [0.1, 0.15) is 5.82 Å². The van der Waals surface area contributed by atoms with Crippen molar-refractivity contribution in [3.63, 3.8) is 0 Å².